The molecule has 35 heavy (non-hydrogen) atoms. The summed E-state index contributed by atoms with van der Waals surface area (Å²) in [5, 5.41) is 12.0. The number of carbonyl (C=O) groups is 2. The lowest BCUT2D eigenvalue weighted by molar-refractivity contribution is -0.140. The van der Waals surface area contributed by atoms with Crippen LogP contribution < -0.4 is 9.47 Å². The Balaban J connectivity index is 1.94. The maximum absolute atomic E-state index is 13.3. The molecule has 1 aromatic heterocycles. The average Bonchev–Trinajstić information content (AvgIpc) is 3.09. The van der Waals surface area contributed by atoms with Gasteiger partial charge in [0.05, 0.1) is 36.4 Å². The Morgan fingerprint density at radius 1 is 1.00 bits per heavy atom. The molecule has 10 heteroatoms. The highest BCUT2D eigenvalue weighted by atomic mass is 35.5. The number of likely N-dealkylation sites (tertiary alicyclic amines) is 1. The van der Waals surface area contributed by atoms with E-state index in [1.54, 1.807) is 48.8 Å². The lowest BCUT2D eigenvalue weighted by Gasteiger charge is -2.25. The summed E-state index contributed by atoms with van der Waals surface area (Å²) >= 11 is 18.8. The van der Waals surface area contributed by atoms with Crippen LogP contribution in [0.4, 0.5) is 0 Å². The minimum atomic E-state index is -0.912. The van der Waals surface area contributed by atoms with Crippen molar-refractivity contribution in [3.63, 3.8) is 0 Å². The molecule has 3 aromatic rings. The number of hydrogen-bond acceptors (Lipinski definition) is 6. The fourth-order valence-electron chi connectivity index (χ4n) is 4.01. The topological polar surface area (TPSA) is 89.0 Å². The van der Waals surface area contributed by atoms with Crippen LogP contribution in [0.1, 0.15) is 22.7 Å². The molecule has 180 valence electrons. The van der Waals surface area contributed by atoms with Gasteiger partial charge in [0.15, 0.2) is 11.5 Å². The molecule has 2 heterocycles. The van der Waals surface area contributed by atoms with Crippen molar-refractivity contribution in [2.24, 2.45) is 0 Å². The number of Topliss-reactive ketones (excluding diaryl/α,β-unsaturated/α-hetero) is 1. The summed E-state index contributed by atoms with van der Waals surface area (Å²) in [6, 6.07) is 10.6. The van der Waals surface area contributed by atoms with Gasteiger partial charge in [0.25, 0.3) is 11.7 Å². The summed E-state index contributed by atoms with van der Waals surface area (Å²) in [4.78, 5) is 31.8. The van der Waals surface area contributed by atoms with Gasteiger partial charge in [0.2, 0.25) is 0 Å². The summed E-state index contributed by atoms with van der Waals surface area (Å²) in [6.45, 7) is 0.110. The zero-order valence-corrected chi connectivity index (χ0v) is 20.9. The van der Waals surface area contributed by atoms with E-state index in [0.29, 0.717) is 10.6 Å². The largest absolute Gasteiger partial charge is 0.507 e. The van der Waals surface area contributed by atoms with Crippen LogP contribution in [-0.4, -0.2) is 40.9 Å². The molecule has 1 saturated heterocycles. The van der Waals surface area contributed by atoms with Crippen molar-refractivity contribution in [3.8, 4) is 11.5 Å². The summed E-state index contributed by atoms with van der Waals surface area (Å²) in [5.74, 6) is -1.92. The highest BCUT2D eigenvalue weighted by molar-refractivity contribution is 6.47. The molecular formula is C25H19Cl3N2O5. The molecule has 1 amide bonds. The predicted molar refractivity (Wildman–Crippen MR) is 133 cm³/mol. The van der Waals surface area contributed by atoms with Crippen LogP contribution in [0.5, 0.6) is 11.5 Å². The number of ketones is 1. The van der Waals surface area contributed by atoms with E-state index in [9.17, 15) is 14.7 Å². The van der Waals surface area contributed by atoms with E-state index in [1.165, 1.54) is 25.2 Å². The lowest BCUT2D eigenvalue weighted by atomic mass is 9.94. The smallest absolute Gasteiger partial charge is 0.295 e. The number of methoxy groups -OCH3 is 2. The number of amides is 1. The Morgan fingerprint density at radius 3 is 2.23 bits per heavy atom. The third-order valence-electron chi connectivity index (χ3n) is 5.62. The van der Waals surface area contributed by atoms with Crippen LogP contribution in [-0.2, 0) is 16.1 Å². The first-order valence-electron chi connectivity index (χ1n) is 10.3. The molecule has 0 saturated carbocycles. The summed E-state index contributed by atoms with van der Waals surface area (Å²) in [6.07, 6.45) is 3.19. The minimum absolute atomic E-state index is 0.0121. The first-order valence-corrected chi connectivity index (χ1v) is 11.4. The maximum Gasteiger partial charge on any atom is 0.295 e. The van der Waals surface area contributed by atoms with Gasteiger partial charge < -0.3 is 19.5 Å². The van der Waals surface area contributed by atoms with Crippen LogP contribution >= 0.6 is 34.8 Å². The van der Waals surface area contributed by atoms with E-state index in [4.69, 9.17) is 44.3 Å². The van der Waals surface area contributed by atoms with Gasteiger partial charge in [0, 0.05) is 24.0 Å². The van der Waals surface area contributed by atoms with Gasteiger partial charge in [-0.1, -0.05) is 46.9 Å². The highest BCUT2D eigenvalue weighted by Gasteiger charge is 2.46. The van der Waals surface area contributed by atoms with E-state index in [1.807, 2.05) is 0 Å². The normalized spacial score (nSPS) is 17.1. The van der Waals surface area contributed by atoms with Crippen molar-refractivity contribution in [1.82, 2.24) is 9.88 Å². The molecule has 0 spiro atoms. The van der Waals surface area contributed by atoms with Gasteiger partial charge in [-0.05, 0) is 41.5 Å². The molecule has 0 aliphatic carbocycles. The number of benzene rings is 2. The van der Waals surface area contributed by atoms with Crippen LogP contribution in [0.15, 0.2) is 60.4 Å². The maximum atomic E-state index is 13.3. The zero-order chi connectivity index (χ0) is 25.3. The molecule has 1 aliphatic heterocycles. The molecule has 7 nitrogen and oxygen atoms in total. The van der Waals surface area contributed by atoms with Gasteiger partial charge in [0.1, 0.15) is 10.8 Å². The van der Waals surface area contributed by atoms with E-state index in [-0.39, 0.29) is 39.2 Å². The molecule has 1 N–H and O–H groups in total. The number of ether oxygens (including phenoxy) is 2. The lowest BCUT2D eigenvalue weighted by Crippen LogP contribution is -2.29. The van der Waals surface area contributed by atoms with Crippen LogP contribution in [0, 0.1) is 0 Å². The number of carbonyl (C=O) groups excluding carboxylic acids is 2. The Morgan fingerprint density at radius 2 is 1.63 bits per heavy atom. The minimum Gasteiger partial charge on any atom is -0.507 e. The van der Waals surface area contributed by atoms with Gasteiger partial charge in [-0.25, -0.2) is 0 Å². The number of rotatable bonds is 6. The quantitative estimate of drug-likeness (QED) is 0.249. The molecule has 1 aliphatic rings. The highest BCUT2D eigenvalue weighted by Crippen LogP contribution is 2.47. The molecule has 0 bridgehead atoms. The van der Waals surface area contributed by atoms with Crippen molar-refractivity contribution in [2.75, 3.05) is 14.2 Å². The fraction of sp³-hybridized carbons (Fsp3) is 0.160. The summed E-state index contributed by atoms with van der Waals surface area (Å²) in [7, 11) is 2.74. The summed E-state index contributed by atoms with van der Waals surface area (Å²) < 4.78 is 10.6. The van der Waals surface area contributed by atoms with E-state index in [0.717, 1.165) is 5.56 Å². The van der Waals surface area contributed by atoms with Crippen molar-refractivity contribution < 1.29 is 24.2 Å². The molecule has 2 aromatic carbocycles. The van der Waals surface area contributed by atoms with Crippen LogP contribution in [0.3, 0.4) is 0 Å². The number of aliphatic hydroxyl groups is 1. The number of halogens is 3. The number of pyridine rings is 1. The van der Waals surface area contributed by atoms with Gasteiger partial charge in [-0.2, -0.15) is 0 Å². The molecule has 4 rings (SSSR count). The standard InChI is InChI=1S/C25H19Cl3N2O5/c1-34-23-16(11-17(27)24(35-2)19(23)28)21(31)18-20(14-3-5-15(26)6-4-14)30(25(33)22(18)32)12-13-7-9-29-10-8-13/h3-11,20,31H,12H2,1-2H3/b21-18+. The zero-order valence-electron chi connectivity index (χ0n) is 18.6. The van der Waals surface area contributed by atoms with Crippen molar-refractivity contribution in [3.05, 3.63) is 92.2 Å². The van der Waals surface area contributed by atoms with E-state index >= 15 is 0 Å². The SMILES string of the molecule is COc1c(Cl)cc(/C(O)=C2\C(=O)C(=O)N(Cc3ccncc3)C2c2ccc(Cl)cc2)c(OC)c1Cl. The fourth-order valence-corrected chi connectivity index (χ4v) is 4.82. The molecule has 1 atom stereocenters. The van der Waals surface area contributed by atoms with Crippen molar-refractivity contribution in [2.45, 2.75) is 12.6 Å². The average molecular weight is 534 g/mol. The Hall–Kier alpha value is -3.26. The summed E-state index contributed by atoms with van der Waals surface area (Å²) in [5.41, 5.74) is 1.24. The Bertz CT molecular complexity index is 1330. The Labute approximate surface area is 216 Å². The molecule has 1 fully saturated rings. The number of hydrogen-bond donors (Lipinski definition) is 1. The second-order valence-electron chi connectivity index (χ2n) is 7.62. The monoisotopic (exact) mass is 532 g/mol. The third-order valence-corrected chi connectivity index (χ3v) is 6.50. The molecular weight excluding hydrogens is 515 g/mol. The van der Waals surface area contributed by atoms with Crippen LogP contribution in [0.2, 0.25) is 15.1 Å². The number of aliphatic hydroxyl groups excluding tert-OH is 1. The third kappa shape index (κ3) is 4.55. The first kappa shape index (κ1) is 24.9. The molecule has 0 radical (unpaired) electrons. The van der Waals surface area contributed by atoms with Gasteiger partial charge >= 0.3 is 0 Å². The van der Waals surface area contributed by atoms with E-state index < -0.39 is 23.5 Å². The van der Waals surface area contributed by atoms with Gasteiger partial charge in [-0.15, -0.1) is 0 Å². The van der Waals surface area contributed by atoms with Gasteiger partial charge in [-0.3, -0.25) is 14.6 Å². The predicted octanol–water partition coefficient (Wildman–Crippen LogP) is 5.68. The second kappa shape index (κ2) is 10.2. The van der Waals surface area contributed by atoms with Crippen LogP contribution in [0.25, 0.3) is 5.76 Å². The Kier molecular flexibility index (Phi) is 7.21. The van der Waals surface area contributed by atoms with E-state index in [2.05, 4.69) is 4.98 Å². The number of aromatic nitrogens is 1. The van der Waals surface area contributed by atoms with Crippen molar-refractivity contribution >= 4 is 52.3 Å². The first-order chi connectivity index (χ1) is 16.8. The second-order valence-corrected chi connectivity index (χ2v) is 8.84. The number of nitrogens with zero attached hydrogens (tertiary/aromatic N) is 2. The van der Waals surface area contributed by atoms with Crippen molar-refractivity contribution in [1.29, 1.82) is 0 Å². The molecule has 1 unspecified atom stereocenters.